The van der Waals surface area contributed by atoms with Crippen LogP contribution in [0.15, 0.2) is 24.8 Å². The molecule has 0 N–H and O–H groups in total. The Hall–Kier alpha value is -0.590. The zero-order chi connectivity index (χ0) is 7.98. The van der Waals surface area contributed by atoms with Gasteiger partial charge in [-0.1, -0.05) is 32.1 Å². The van der Waals surface area contributed by atoms with Crippen LogP contribution in [0.4, 0.5) is 4.39 Å². The van der Waals surface area contributed by atoms with Gasteiger partial charge in [-0.3, -0.25) is 0 Å². The van der Waals surface area contributed by atoms with Crippen molar-refractivity contribution in [3.8, 4) is 0 Å². The molecule has 0 amide bonds. The molecule has 1 heteroatoms. The third kappa shape index (κ3) is 5.54. The third-order valence-corrected chi connectivity index (χ3v) is 1.10. The standard InChI is InChI=1S/C9H15F/c1-4-5-9(10)7-6-8(2)3/h4,6-9H,1,5H2,2-3H3/b7-6-. The van der Waals surface area contributed by atoms with Gasteiger partial charge in [-0.25, -0.2) is 4.39 Å². The molecule has 0 saturated carbocycles. The summed E-state index contributed by atoms with van der Waals surface area (Å²) in [7, 11) is 0. The first-order valence-electron chi connectivity index (χ1n) is 3.60. The SMILES string of the molecule is C=CCC(F)/C=C\C(C)C. The van der Waals surface area contributed by atoms with Gasteiger partial charge in [-0.15, -0.1) is 6.58 Å². The maximum atomic E-state index is 12.6. The first-order chi connectivity index (χ1) is 4.66. The van der Waals surface area contributed by atoms with E-state index in [9.17, 15) is 4.39 Å². The summed E-state index contributed by atoms with van der Waals surface area (Å²) >= 11 is 0. The molecule has 1 unspecified atom stereocenters. The lowest BCUT2D eigenvalue weighted by Gasteiger charge is -1.97. The molecule has 0 spiro atoms. The smallest absolute Gasteiger partial charge is 0.122 e. The van der Waals surface area contributed by atoms with Gasteiger partial charge in [0.15, 0.2) is 0 Å². The van der Waals surface area contributed by atoms with E-state index in [-0.39, 0.29) is 0 Å². The minimum Gasteiger partial charge on any atom is -0.243 e. The lowest BCUT2D eigenvalue weighted by atomic mass is 10.1. The third-order valence-electron chi connectivity index (χ3n) is 1.10. The molecule has 58 valence electrons. The minimum atomic E-state index is -0.847. The van der Waals surface area contributed by atoms with Gasteiger partial charge in [-0.2, -0.15) is 0 Å². The largest absolute Gasteiger partial charge is 0.243 e. The molecule has 0 aromatic carbocycles. The van der Waals surface area contributed by atoms with Gasteiger partial charge in [-0.05, 0) is 12.3 Å². The molecule has 0 aromatic heterocycles. The quantitative estimate of drug-likeness (QED) is 0.529. The highest BCUT2D eigenvalue weighted by atomic mass is 19.1. The van der Waals surface area contributed by atoms with Crippen molar-refractivity contribution >= 4 is 0 Å². The second-order valence-electron chi connectivity index (χ2n) is 2.67. The highest BCUT2D eigenvalue weighted by Crippen LogP contribution is 2.03. The van der Waals surface area contributed by atoms with Crippen molar-refractivity contribution in [3.05, 3.63) is 24.8 Å². The molecular formula is C9H15F. The summed E-state index contributed by atoms with van der Waals surface area (Å²) < 4.78 is 12.6. The molecule has 0 heterocycles. The fraction of sp³-hybridized carbons (Fsp3) is 0.556. The van der Waals surface area contributed by atoms with E-state index >= 15 is 0 Å². The average Bonchev–Trinajstić information content (AvgIpc) is 1.85. The average molecular weight is 142 g/mol. The van der Waals surface area contributed by atoms with Crippen LogP contribution in [0.3, 0.4) is 0 Å². The molecule has 0 aliphatic heterocycles. The molecule has 0 radical (unpaired) electrons. The van der Waals surface area contributed by atoms with Crippen LogP contribution < -0.4 is 0 Å². The molecule has 0 nitrogen and oxygen atoms in total. The van der Waals surface area contributed by atoms with Crippen LogP contribution in [0.2, 0.25) is 0 Å². The second-order valence-corrected chi connectivity index (χ2v) is 2.67. The highest BCUT2D eigenvalue weighted by Gasteiger charge is 1.96. The number of halogens is 1. The Labute approximate surface area is 62.4 Å². The first-order valence-corrected chi connectivity index (χ1v) is 3.60. The molecule has 0 saturated heterocycles. The lowest BCUT2D eigenvalue weighted by Crippen LogP contribution is -1.92. The fourth-order valence-electron chi connectivity index (χ4n) is 0.581. The molecule has 0 bridgehead atoms. The predicted octanol–water partition coefficient (Wildman–Crippen LogP) is 3.11. The fourth-order valence-corrected chi connectivity index (χ4v) is 0.581. The minimum absolute atomic E-state index is 0.420. The van der Waals surface area contributed by atoms with Crippen LogP contribution in [0.5, 0.6) is 0 Å². The highest BCUT2D eigenvalue weighted by molar-refractivity contribution is 4.93. The topological polar surface area (TPSA) is 0 Å². The Morgan fingerprint density at radius 3 is 2.40 bits per heavy atom. The Kier molecular flexibility index (Phi) is 4.91. The van der Waals surface area contributed by atoms with Gasteiger partial charge in [0.05, 0.1) is 0 Å². The van der Waals surface area contributed by atoms with Crippen LogP contribution in [0, 0.1) is 5.92 Å². The Balaban J connectivity index is 3.54. The van der Waals surface area contributed by atoms with Gasteiger partial charge in [0, 0.05) is 0 Å². The molecule has 0 fully saturated rings. The van der Waals surface area contributed by atoms with Gasteiger partial charge in [0.1, 0.15) is 6.17 Å². The maximum absolute atomic E-state index is 12.6. The van der Waals surface area contributed by atoms with Crippen molar-refractivity contribution in [2.45, 2.75) is 26.4 Å². The van der Waals surface area contributed by atoms with Crippen LogP contribution in [0.25, 0.3) is 0 Å². The summed E-state index contributed by atoms with van der Waals surface area (Å²) in [5, 5.41) is 0. The van der Waals surface area contributed by atoms with Gasteiger partial charge < -0.3 is 0 Å². The molecule has 10 heavy (non-hydrogen) atoms. The monoisotopic (exact) mass is 142 g/mol. The molecule has 0 aliphatic carbocycles. The summed E-state index contributed by atoms with van der Waals surface area (Å²) in [5.41, 5.74) is 0. The Morgan fingerprint density at radius 2 is 2.00 bits per heavy atom. The van der Waals surface area contributed by atoms with Crippen molar-refractivity contribution in [1.29, 1.82) is 0 Å². The summed E-state index contributed by atoms with van der Waals surface area (Å²) in [6, 6.07) is 0. The number of allylic oxidation sites excluding steroid dienone is 3. The summed E-state index contributed by atoms with van der Waals surface area (Å²) in [5.74, 6) is 0.433. The Morgan fingerprint density at radius 1 is 1.40 bits per heavy atom. The molecule has 0 aromatic rings. The number of rotatable bonds is 4. The second kappa shape index (κ2) is 5.21. The van der Waals surface area contributed by atoms with Gasteiger partial charge >= 0.3 is 0 Å². The summed E-state index contributed by atoms with van der Waals surface area (Å²) in [6.07, 6.45) is 4.62. The van der Waals surface area contributed by atoms with E-state index in [0.717, 1.165) is 0 Å². The van der Waals surface area contributed by atoms with E-state index in [1.807, 2.05) is 19.9 Å². The van der Waals surface area contributed by atoms with Crippen LogP contribution in [0.1, 0.15) is 20.3 Å². The summed E-state index contributed by atoms with van der Waals surface area (Å²) in [6.45, 7) is 7.50. The van der Waals surface area contributed by atoms with E-state index in [2.05, 4.69) is 6.58 Å². The zero-order valence-electron chi connectivity index (χ0n) is 6.68. The van der Waals surface area contributed by atoms with Crippen molar-refractivity contribution in [2.75, 3.05) is 0 Å². The summed E-state index contributed by atoms with van der Waals surface area (Å²) in [4.78, 5) is 0. The molecule has 1 atom stereocenters. The van der Waals surface area contributed by atoms with Gasteiger partial charge in [0.25, 0.3) is 0 Å². The van der Waals surface area contributed by atoms with E-state index in [0.29, 0.717) is 12.3 Å². The molecule has 0 aliphatic rings. The molecule has 0 rings (SSSR count). The van der Waals surface area contributed by atoms with Crippen LogP contribution in [-0.2, 0) is 0 Å². The maximum Gasteiger partial charge on any atom is 0.122 e. The first kappa shape index (κ1) is 9.41. The Bertz CT molecular complexity index is 114. The normalized spacial score (nSPS) is 14.4. The van der Waals surface area contributed by atoms with Crippen molar-refractivity contribution in [3.63, 3.8) is 0 Å². The van der Waals surface area contributed by atoms with Crippen LogP contribution >= 0.6 is 0 Å². The zero-order valence-corrected chi connectivity index (χ0v) is 6.68. The predicted molar refractivity (Wildman–Crippen MR) is 43.7 cm³/mol. The molecular weight excluding hydrogens is 127 g/mol. The van der Waals surface area contributed by atoms with Crippen molar-refractivity contribution < 1.29 is 4.39 Å². The number of alkyl halides is 1. The number of hydrogen-bond acceptors (Lipinski definition) is 0. The van der Waals surface area contributed by atoms with E-state index in [1.165, 1.54) is 0 Å². The van der Waals surface area contributed by atoms with Crippen molar-refractivity contribution in [2.24, 2.45) is 5.92 Å². The van der Waals surface area contributed by atoms with E-state index < -0.39 is 6.17 Å². The lowest BCUT2D eigenvalue weighted by molar-refractivity contribution is 0.402. The van der Waals surface area contributed by atoms with E-state index in [1.54, 1.807) is 12.2 Å². The van der Waals surface area contributed by atoms with E-state index in [4.69, 9.17) is 0 Å². The van der Waals surface area contributed by atoms with Crippen LogP contribution in [-0.4, -0.2) is 6.17 Å². The van der Waals surface area contributed by atoms with Gasteiger partial charge in [0.2, 0.25) is 0 Å². The van der Waals surface area contributed by atoms with Crippen molar-refractivity contribution in [1.82, 2.24) is 0 Å². The number of hydrogen-bond donors (Lipinski definition) is 0.